The van der Waals surface area contributed by atoms with Crippen molar-refractivity contribution >= 4 is 5.91 Å². The number of hydrogen-bond donors (Lipinski definition) is 0. The van der Waals surface area contributed by atoms with E-state index in [-0.39, 0.29) is 12.0 Å². The number of hydrogen-bond acceptors (Lipinski definition) is 5. The van der Waals surface area contributed by atoms with E-state index in [1.807, 2.05) is 36.4 Å². The predicted molar refractivity (Wildman–Crippen MR) is 97.1 cm³/mol. The van der Waals surface area contributed by atoms with Crippen LogP contribution in [0.1, 0.15) is 6.92 Å². The van der Waals surface area contributed by atoms with Gasteiger partial charge in [0.25, 0.3) is 5.91 Å². The number of carbonyl (C=O) groups excluding carboxylic acids is 1. The molecule has 0 bridgehead atoms. The highest BCUT2D eigenvalue weighted by molar-refractivity contribution is 5.81. The molecule has 6 heteroatoms. The fourth-order valence-corrected chi connectivity index (χ4v) is 2.77. The van der Waals surface area contributed by atoms with Gasteiger partial charge in [0.05, 0.1) is 27.3 Å². The third kappa shape index (κ3) is 4.02. The molecule has 1 aliphatic heterocycles. The Morgan fingerprint density at radius 1 is 1.00 bits per heavy atom. The molecule has 1 atom stereocenters. The molecule has 6 nitrogen and oxygen atoms in total. The summed E-state index contributed by atoms with van der Waals surface area (Å²) in [6, 6.07) is 14.7. The first kappa shape index (κ1) is 17.9. The first-order valence-electron chi connectivity index (χ1n) is 8.50. The van der Waals surface area contributed by atoms with Crippen LogP contribution in [0.4, 0.5) is 0 Å². The van der Waals surface area contributed by atoms with E-state index in [1.165, 1.54) is 0 Å². The Balaban J connectivity index is 1.51. The van der Waals surface area contributed by atoms with Gasteiger partial charge in [-0.15, -0.1) is 0 Å². The lowest BCUT2D eigenvalue weighted by Crippen LogP contribution is -2.58. The summed E-state index contributed by atoms with van der Waals surface area (Å²) in [6.07, 6.45) is -0.617. The van der Waals surface area contributed by atoms with Gasteiger partial charge < -0.3 is 23.8 Å². The van der Waals surface area contributed by atoms with Gasteiger partial charge in [-0.05, 0) is 31.2 Å². The molecular formula is C20H23NO5. The van der Waals surface area contributed by atoms with Crippen LogP contribution in [-0.2, 0) is 4.79 Å². The Morgan fingerprint density at radius 2 is 1.69 bits per heavy atom. The number of ether oxygens (including phenoxy) is 4. The molecule has 2 aromatic rings. The maximum absolute atomic E-state index is 12.5. The molecule has 2 aromatic carbocycles. The SMILES string of the molecule is COc1cccc(O[C@@H](C)C(=O)N2CC(Oc3ccccc3OC)C2)c1. The molecule has 0 aliphatic carbocycles. The van der Waals surface area contributed by atoms with Crippen LogP contribution in [0.5, 0.6) is 23.0 Å². The quantitative estimate of drug-likeness (QED) is 0.763. The standard InChI is InChI=1S/C20H23NO5/c1-14(25-16-8-6-7-15(11-16)23-2)20(22)21-12-17(13-21)26-19-10-5-4-9-18(19)24-3/h4-11,14,17H,12-13H2,1-3H3/t14-/m0/s1. The maximum atomic E-state index is 12.5. The van der Waals surface area contributed by atoms with Crippen LogP contribution >= 0.6 is 0 Å². The Hall–Kier alpha value is -2.89. The van der Waals surface area contributed by atoms with Crippen LogP contribution in [-0.4, -0.2) is 50.3 Å². The molecule has 1 heterocycles. The highest BCUT2D eigenvalue weighted by Gasteiger charge is 2.35. The molecule has 0 spiro atoms. The summed E-state index contributed by atoms with van der Waals surface area (Å²) >= 11 is 0. The van der Waals surface area contributed by atoms with Crippen molar-refractivity contribution in [1.29, 1.82) is 0 Å². The molecule has 138 valence electrons. The Kier molecular flexibility index (Phi) is 5.51. The molecule has 0 saturated carbocycles. The summed E-state index contributed by atoms with van der Waals surface area (Å²) in [5.74, 6) is 2.61. The smallest absolute Gasteiger partial charge is 0.263 e. The van der Waals surface area contributed by atoms with Crippen LogP contribution in [0.25, 0.3) is 0 Å². The van der Waals surface area contributed by atoms with Gasteiger partial charge in [0.2, 0.25) is 0 Å². The molecular weight excluding hydrogens is 334 g/mol. The number of rotatable bonds is 7. The van der Waals surface area contributed by atoms with Crippen LogP contribution in [0.3, 0.4) is 0 Å². The number of para-hydroxylation sites is 2. The van der Waals surface area contributed by atoms with Crippen molar-refractivity contribution in [2.75, 3.05) is 27.3 Å². The topological polar surface area (TPSA) is 57.2 Å². The normalized spacial score (nSPS) is 15.0. The monoisotopic (exact) mass is 357 g/mol. The van der Waals surface area contributed by atoms with Crippen molar-refractivity contribution in [2.24, 2.45) is 0 Å². The van der Waals surface area contributed by atoms with Crippen molar-refractivity contribution in [1.82, 2.24) is 4.90 Å². The van der Waals surface area contributed by atoms with E-state index in [1.54, 1.807) is 38.2 Å². The molecule has 1 saturated heterocycles. The summed E-state index contributed by atoms with van der Waals surface area (Å²) in [6.45, 7) is 2.81. The summed E-state index contributed by atoms with van der Waals surface area (Å²) in [7, 11) is 3.20. The van der Waals surface area contributed by atoms with Crippen LogP contribution in [0.15, 0.2) is 48.5 Å². The highest BCUT2D eigenvalue weighted by atomic mass is 16.5. The van der Waals surface area contributed by atoms with Crippen molar-refractivity contribution < 1.29 is 23.7 Å². The van der Waals surface area contributed by atoms with Crippen molar-refractivity contribution in [3.63, 3.8) is 0 Å². The third-order valence-corrected chi connectivity index (χ3v) is 4.22. The minimum Gasteiger partial charge on any atom is -0.497 e. The lowest BCUT2D eigenvalue weighted by molar-refractivity contribution is -0.146. The zero-order valence-electron chi connectivity index (χ0n) is 15.2. The molecule has 1 amide bonds. The zero-order valence-corrected chi connectivity index (χ0v) is 15.2. The largest absolute Gasteiger partial charge is 0.497 e. The Morgan fingerprint density at radius 3 is 2.38 bits per heavy atom. The molecule has 3 rings (SSSR count). The molecule has 1 fully saturated rings. The summed E-state index contributed by atoms with van der Waals surface area (Å²) < 4.78 is 22.1. The van der Waals surface area contributed by atoms with Crippen LogP contribution in [0, 0.1) is 0 Å². The number of carbonyl (C=O) groups is 1. The maximum Gasteiger partial charge on any atom is 0.263 e. The molecule has 0 aromatic heterocycles. The number of nitrogens with zero attached hydrogens (tertiary/aromatic N) is 1. The number of benzene rings is 2. The van der Waals surface area contributed by atoms with E-state index in [2.05, 4.69) is 0 Å². The Labute approximate surface area is 153 Å². The van der Waals surface area contributed by atoms with E-state index in [9.17, 15) is 4.79 Å². The highest BCUT2D eigenvalue weighted by Crippen LogP contribution is 2.29. The minimum atomic E-state index is -0.575. The summed E-state index contributed by atoms with van der Waals surface area (Å²) in [4.78, 5) is 14.2. The average Bonchev–Trinajstić information content (AvgIpc) is 2.64. The van der Waals surface area contributed by atoms with Crippen LogP contribution in [0.2, 0.25) is 0 Å². The summed E-state index contributed by atoms with van der Waals surface area (Å²) in [5.41, 5.74) is 0. The molecule has 0 unspecified atom stereocenters. The third-order valence-electron chi connectivity index (χ3n) is 4.22. The zero-order chi connectivity index (χ0) is 18.5. The second kappa shape index (κ2) is 7.99. The van der Waals surface area contributed by atoms with Gasteiger partial charge in [-0.25, -0.2) is 0 Å². The Bertz CT molecular complexity index is 757. The van der Waals surface area contributed by atoms with Gasteiger partial charge in [-0.3, -0.25) is 4.79 Å². The van der Waals surface area contributed by atoms with Gasteiger partial charge in [0.1, 0.15) is 17.6 Å². The molecule has 0 N–H and O–H groups in total. The van der Waals surface area contributed by atoms with Crippen molar-refractivity contribution in [3.8, 4) is 23.0 Å². The molecule has 26 heavy (non-hydrogen) atoms. The van der Waals surface area contributed by atoms with Gasteiger partial charge in [0, 0.05) is 6.07 Å². The molecule has 0 radical (unpaired) electrons. The van der Waals surface area contributed by atoms with Crippen molar-refractivity contribution in [3.05, 3.63) is 48.5 Å². The van der Waals surface area contributed by atoms with Gasteiger partial charge >= 0.3 is 0 Å². The van der Waals surface area contributed by atoms with Crippen molar-refractivity contribution in [2.45, 2.75) is 19.1 Å². The predicted octanol–water partition coefficient (Wildman–Crippen LogP) is 2.76. The van der Waals surface area contributed by atoms with Crippen LogP contribution < -0.4 is 18.9 Å². The average molecular weight is 357 g/mol. The van der Waals surface area contributed by atoms with E-state index in [0.717, 1.165) is 0 Å². The van der Waals surface area contributed by atoms with Gasteiger partial charge in [-0.2, -0.15) is 0 Å². The van der Waals surface area contributed by atoms with Gasteiger partial charge in [-0.1, -0.05) is 18.2 Å². The van der Waals surface area contributed by atoms with E-state index in [4.69, 9.17) is 18.9 Å². The lowest BCUT2D eigenvalue weighted by Gasteiger charge is -2.40. The fraction of sp³-hybridized carbons (Fsp3) is 0.350. The van der Waals surface area contributed by atoms with E-state index in [0.29, 0.717) is 36.1 Å². The number of amides is 1. The van der Waals surface area contributed by atoms with E-state index >= 15 is 0 Å². The first-order valence-corrected chi connectivity index (χ1v) is 8.50. The number of methoxy groups -OCH3 is 2. The minimum absolute atomic E-state index is 0.0423. The second-order valence-electron chi connectivity index (χ2n) is 6.07. The number of likely N-dealkylation sites (tertiary alicyclic amines) is 1. The second-order valence-corrected chi connectivity index (χ2v) is 6.07. The first-order chi connectivity index (χ1) is 12.6. The van der Waals surface area contributed by atoms with E-state index < -0.39 is 6.10 Å². The molecule has 1 aliphatic rings. The summed E-state index contributed by atoms with van der Waals surface area (Å²) in [5, 5.41) is 0. The lowest BCUT2D eigenvalue weighted by atomic mass is 10.1. The van der Waals surface area contributed by atoms with Gasteiger partial charge in [0.15, 0.2) is 17.6 Å². The fourth-order valence-electron chi connectivity index (χ4n) is 2.77.